The fourth-order valence-electron chi connectivity index (χ4n) is 5.83. The maximum atomic E-state index is 13.9. The fourth-order valence-corrected chi connectivity index (χ4v) is 5.83. The van der Waals surface area contributed by atoms with Crippen LogP contribution in [-0.4, -0.2) is 31.1 Å². The molecule has 6 nitrogen and oxygen atoms in total. The molecule has 0 aromatic heterocycles. The van der Waals surface area contributed by atoms with Gasteiger partial charge in [0.15, 0.2) is 0 Å². The average Bonchev–Trinajstić information content (AvgIpc) is 3.07. The van der Waals surface area contributed by atoms with Gasteiger partial charge in [-0.15, -0.1) is 0 Å². The van der Waals surface area contributed by atoms with Crippen LogP contribution < -0.4 is 19.3 Å². The monoisotopic (exact) mass is 504 g/mol. The van der Waals surface area contributed by atoms with Crippen LogP contribution >= 0.6 is 0 Å². The minimum atomic E-state index is -0.833. The minimum absolute atomic E-state index is 0.106. The Kier molecular flexibility index (Phi) is 5.87. The van der Waals surface area contributed by atoms with Gasteiger partial charge >= 0.3 is 0 Å². The number of hydrogen-bond donors (Lipinski definition) is 0. The Morgan fingerprint density at radius 2 is 1.39 bits per heavy atom. The molecule has 2 heterocycles. The van der Waals surface area contributed by atoms with Crippen molar-refractivity contribution in [3.63, 3.8) is 0 Å². The van der Waals surface area contributed by atoms with Crippen LogP contribution in [0.15, 0.2) is 109 Å². The second-order valence-electron chi connectivity index (χ2n) is 9.72. The molecule has 38 heavy (non-hydrogen) atoms. The van der Waals surface area contributed by atoms with Gasteiger partial charge in [0.25, 0.3) is 11.8 Å². The number of carbonyl (C=O) groups excluding carboxylic acids is 2. The van der Waals surface area contributed by atoms with E-state index in [9.17, 15) is 9.59 Å². The van der Waals surface area contributed by atoms with E-state index in [4.69, 9.17) is 9.47 Å². The molecule has 4 aromatic carbocycles. The highest BCUT2D eigenvalue weighted by Gasteiger charge is 2.66. The largest absolute Gasteiger partial charge is 0.497 e. The molecule has 4 aromatic rings. The minimum Gasteiger partial charge on any atom is -0.497 e. The van der Waals surface area contributed by atoms with Crippen LogP contribution in [-0.2, 0) is 10.3 Å². The number of benzene rings is 4. The summed E-state index contributed by atoms with van der Waals surface area (Å²) in [6.45, 7) is 2.04. The van der Waals surface area contributed by atoms with Crippen molar-refractivity contribution in [3.05, 3.63) is 120 Å². The summed E-state index contributed by atoms with van der Waals surface area (Å²) in [5.41, 5.74) is 2.08. The van der Waals surface area contributed by atoms with Gasteiger partial charge < -0.3 is 14.4 Å². The second-order valence-corrected chi connectivity index (χ2v) is 9.72. The van der Waals surface area contributed by atoms with Crippen LogP contribution in [0, 0.1) is 0 Å². The normalized spacial score (nSPS) is 22.0. The summed E-state index contributed by atoms with van der Waals surface area (Å²) in [4.78, 5) is 31.5. The van der Waals surface area contributed by atoms with E-state index in [1.54, 1.807) is 7.11 Å². The first-order valence-electron chi connectivity index (χ1n) is 12.7. The average molecular weight is 505 g/mol. The Balaban J connectivity index is 1.53. The maximum Gasteiger partial charge on any atom is 0.271 e. The summed E-state index contributed by atoms with van der Waals surface area (Å²) in [6.07, 6.45) is -0.281. The lowest BCUT2D eigenvalue weighted by Gasteiger charge is -2.56. The zero-order valence-electron chi connectivity index (χ0n) is 21.3. The van der Waals surface area contributed by atoms with E-state index >= 15 is 0 Å². The number of anilines is 2. The fraction of sp³-hybridized carbons (Fsp3) is 0.188. The number of amides is 2. The topological polar surface area (TPSA) is 59.1 Å². The first-order chi connectivity index (χ1) is 18.5. The van der Waals surface area contributed by atoms with Crippen LogP contribution in [0.5, 0.6) is 11.5 Å². The van der Waals surface area contributed by atoms with Crippen molar-refractivity contribution in [2.24, 2.45) is 0 Å². The Labute approximate surface area is 222 Å². The third-order valence-corrected chi connectivity index (χ3v) is 7.53. The maximum absolute atomic E-state index is 13.9. The number of fused-ring (bicyclic) bond motifs is 3. The lowest BCUT2D eigenvalue weighted by atomic mass is 9.70. The van der Waals surface area contributed by atoms with Gasteiger partial charge in [0.05, 0.1) is 18.5 Å². The molecule has 0 radical (unpaired) electrons. The SMILES string of the molecule is COc1ccc([C@]23C[C@@H](C)N(C(=O)c4ccccc4)c4ccccc4N2C(=O)[C@H]3Oc2ccccc2)cc1. The number of nitrogens with zero attached hydrogens (tertiary/aromatic N) is 2. The van der Waals surface area contributed by atoms with Gasteiger partial charge in [-0.3, -0.25) is 14.5 Å². The van der Waals surface area contributed by atoms with Gasteiger partial charge in [0, 0.05) is 18.0 Å². The summed E-state index contributed by atoms with van der Waals surface area (Å²) >= 11 is 0. The van der Waals surface area contributed by atoms with Crippen molar-refractivity contribution in [1.82, 2.24) is 0 Å². The van der Waals surface area contributed by atoms with Gasteiger partial charge in [0.1, 0.15) is 17.0 Å². The van der Waals surface area contributed by atoms with Crippen molar-refractivity contribution in [2.75, 3.05) is 16.9 Å². The van der Waals surface area contributed by atoms with Crippen LogP contribution in [0.3, 0.4) is 0 Å². The molecule has 0 saturated carbocycles. The Morgan fingerprint density at radius 3 is 2.05 bits per heavy atom. The lowest BCUT2D eigenvalue weighted by Crippen LogP contribution is -2.75. The molecule has 0 spiro atoms. The molecule has 1 fully saturated rings. The molecule has 6 heteroatoms. The van der Waals surface area contributed by atoms with Crippen molar-refractivity contribution < 1.29 is 19.1 Å². The number of methoxy groups -OCH3 is 1. The first kappa shape index (κ1) is 23.8. The molecule has 190 valence electrons. The molecule has 0 unspecified atom stereocenters. The highest BCUT2D eigenvalue weighted by atomic mass is 16.5. The zero-order chi connectivity index (χ0) is 26.3. The molecular weight excluding hydrogens is 476 g/mol. The number of rotatable bonds is 5. The van der Waals surface area contributed by atoms with Crippen molar-refractivity contribution in [3.8, 4) is 11.5 Å². The number of hydrogen-bond acceptors (Lipinski definition) is 4. The standard InChI is InChI=1S/C32H28N2O4/c1-22-21-32(24-17-19-25(37-2)20-18-24)29(38-26-13-7-4-8-14-26)31(36)34(32)28-16-10-9-15-27(28)33(22)30(35)23-11-5-3-6-12-23/h3-20,22,29H,21H2,1-2H3/t22-,29-,32+/m1/s1. The molecule has 0 N–H and O–H groups in total. The van der Waals surface area contributed by atoms with E-state index in [0.717, 1.165) is 11.3 Å². The Hall–Kier alpha value is -4.58. The van der Waals surface area contributed by atoms with Crippen LogP contribution in [0.4, 0.5) is 11.4 Å². The van der Waals surface area contributed by atoms with Crippen LogP contribution in [0.2, 0.25) is 0 Å². The molecule has 1 saturated heterocycles. The number of β-lactam (4-membered cyclic amide) rings is 1. The van der Waals surface area contributed by atoms with E-state index in [1.165, 1.54) is 0 Å². The molecule has 2 aliphatic rings. The Morgan fingerprint density at radius 1 is 0.789 bits per heavy atom. The first-order valence-corrected chi connectivity index (χ1v) is 12.7. The molecule has 6 rings (SSSR count). The number of carbonyl (C=O) groups is 2. The Bertz CT molecular complexity index is 1470. The molecule has 3 atom stereocenters. The van der Waals surface area contributed by atoms with Gasteiger partial charge in [-0.25, -0.2) is 0 Å². The summed E-state index contributed by atoms with van der Waals surface area (Å²) in [5.74, 6) is 1.11. The van der Waals surface area contributed by atoms with E-state index in [-0.39, 0.29) is 17.9 Å². The summed E-state index contributed by atoms with van der Waals surface area (Å²) in [7, 11) is 1.63. The van der Waals surface area contributed by atoms with E-state index in [0.29, 0.717) is 29.1 Å². The van der Waals surface area contributed by atoms with E-state index < -0.39 is 11.6 Å². The predicted molar refractivity (Wildman–Crippen MR) is 147 cm³/mol. The van der Waals surface area contributed by atoms with Crippen molar-refractivity contribution >= 4 is 23.2 Å². The van der Waals surface area contributed by atoms with E-state index in [1.807, 2.05) is 126 Å². The van der Waals surface area contributed by atoms with Crippen LogP contribution in [0.1, 0.15) is 29.3 Å². The van der Waals surface area contributed by atoms with Gasteiger partial charge in [-0.1, -0.05) is 60.7 Å². The third kappa shape index (κ3) is 3.64. The highest BCUT2D eigenvalue weighted by Crippen LogP contribution is 2.55. The molecule has 0 bridgehead atoms. The smallest absolute Gasteiger partial charge is 0.271 e. The quantitative estimate of drug-likeness (QED) is 0.321. The van der Waals surface area contributed by atoms with E-state index in [2.05, 4.69) is 0 Å². The predicted octanol–water partition coefficient (Wildman–Crippen LogP) is 5.82. The lowest BCUT2D eigenvalue weighted by molar-refractivity contribution is -0.142. The molecule has 2 aliphatic heterocycles. The van der Waals surface area contributed by atoms with Crippen molar-refractivity contribution in [2.45, 2.75) is 31.0 Å². The summed E-state index contributed by atoms with van der Waals surface area (Å²) < 4.78 is 11.8. The molecule has 2 amide bonds. The zero-order valence-corrected chi connectivity index (χ0v) is 21.3. The van der Waals surface area contributed by atoms with Gasteiger partial charge in [-0.05, 0) is 61.0 Å². The highest BCUT2D eigenvalue weighted by molar-refractivity contribution is 6.14. The number of ether oxygens (including phenoxy) is 2. The number of para-hydroxylation sites is 3. The summed E-state index contributed by atoms with van der Waals surface area (Å²) in [5, 5.41) is 0. The molecular formula is C32H28N2O4. The third-order valence-electron chi connectivity index (χ3n) is 7.53. The molecule has 0 aliphatic carbocycles. The van der Waals surface area contributed by atoms with Gasteiger partial charge in [0.2, 0.25) is 6.10 Å². The van der Waals surface area contributed by atoms with Crippen LogP contribution in [0.25, 0.3) is 0 Å². The van der Waals surface area contributed by atoms with Gasteiger partial charge in [-0.2, -0.15) is 0 Å². The van der Waals surface area contributed by atoms with Crippen molar-refractivity contribution in [1.29, 1.82) is 0 Å². The summed E-state index contributed by atoms with van der Waals surface area (Å²) in [6, 6.07) is 33.8. The second kappa shape index (κ2) is 9.38.